The van der Waals surface area contributed by atoms with Gasteiger partial charge in [0.05, 0.1) is 25.0 Å². The number of aromatic nitrogens is 1. The minimum absolute atomic E-state index is 0.0617. The lowest BCUT2D eigenvalue weighted by Gasteiger charge is -2.13. The van der Waals surface area contributed by atoms with Crippen LogP contribution in [0.4, 0.5) is 13.9 Å². The molecule has 25 heavy (non-hydrogen) atoms. The Morgan fingerprint density at radius 3 is 2.96 bits per heavy atom. The standard InChI is InChI=1S/C17H15F2N3O2S/c1-22(8-12-3-2-6-24-12)9-16(23)21-17-20-15(10-25-17)13-7-11(18)4-5-14(13)19/h2-7,10H,8-9H2,1H3,(H,20,21,23). The van der Waals surface area contributed by atoms with Crippen LogP contribution < -0.4 is 5.32 Å². The number of likely N-dealkylation sites (N-methyl/N-ethyl adjacent to an activating group) is 1. The number of halogens is 2. The highest BCUT2D eigenvalue weighted by Crippen LogP contribution is 2.27. The topological polar surface area (TPSA) is 58.4 Å². The Hall–Kier alpha value is -2.58. The van der Waals surface area contributed by atoms with Gasteiger partial charge in [-0.2, -0.15) is 0 Å². The number of anilines is 1. The molecule has 0 fully saturated rings. The summed E-state index contributed by atoms with van der Waals surface area (Å²) in [7, 11) is 1.79. The molecule has 3 aromatic rings. The molecule has 3 rings (SSSR count). The lowest BCUT2D eigenvalue weighted by Crippen LogP contribution is -2.29. The fraction of sp³-hybridized carbons (Fsp3) is 0.176. The van der Waals surface area contributed by atoms with Gasteiger partial charge in [-0.15, -0.1) is 11.3 Å². The number of hydrogen-bond donors (Lipinski definition) is 1. The molecule has 0 atom stereocenters. The predicted octanol–water partition coefficient (Wildman–Crippen LogP) is 3.75. The van der Waals surface area contributed by atoms with E-state index >= 15 is 0 Å². The van der Waals surface area contributed by atoms with Crippen molar-refractivity contribution in [1.29, 1.82) is 0 Å². The Kier molecular flexibility index (Phi) is 5.20. The third kappa shape index (κ3) is 4.49. The van der Waals surface area contributed by atoms with Crippen LogP contribution in [0.1, 0.15) is 5.76 Å². The van der Waals surface area contributed by atoms with E-state index in [4.69, 9.17) is 4.42 Å². The number of carbonyl (C=O) groups is 1. The highest BCUT2D eigenvalue weighted by molar-refractivity contribution is 7.14. The number of carbonyl (C=O) groups excluding carboxylic acids is 1. The molecule has 1 aromatic carbocycles. The fourth-order valence-corrected chi connectivity index (χ4v) is 3.00. The highest BCUT2D eigenvalue weighted by Gasteiger charge is 2.13. The molecule has 130 valence electrons. The zero-order valence-corrected chi connectivity index (χ0v) is 14.1. The summed E-state index contributed by atoms with van der Waals surface area (Å²) in [5, 5.41) is 4.55. The lowest BCUT2D eigenvalue weighted by molar-refractivity contribution is -0.117. The van der Waals surface area contributed by atoms with E-state index in [1.54, 1.807) is 29.7 Å². The van der Waals surface area contributed by atoms with Crippen LogP contribution in [0, 0.1) is 11.6 Å². The Balaban J connectivity index is 1.61. The molecular weight excluding hydrogens is 348 g/mol. The first-order chi connectivity index (χ1) is 12.0. The summed E-state index contributed by atoms with van der Waals surface area (Å²) in [4.78, 5) is 18.0. The van der Waals surface area contributed by atoms with Crippen LogP contribution in [-0.2, 0) is 11.3 Å². The van der Waals surface area contributed by atoms with Gasteiger partial charge in [-0.05, 0) is 37.4 Å². The van der Waals surface area contributed by atoms with Crippen LogP contribution in [0.5, 0.6) is 0 Å². The molecule has 0 unspecified atom stereocenters. The number of benzene rings is 1. The van der Waals surface area contributed by atoms with Crippen LogP contribution in [0.3, 0.4) is 0 Å². The monoisotopic (exact) mass is 363 g/mol. The molecule has 0 spiro atoms. The average molecular weight is 363 g/mol. The predicted molar refractivity (Wildman–Crippen MR) is 91.1 cm³/mol. The van der Waals surface area contributed by atoms with Gasteiger partial charge in [-0.3, -0.25) is 9.69 Å². The largest absolute Gasteiger partial charge is 0.468 e. The Labute approximate surface area is 146 Å². The summed E-state index contributed by atoms with van der Waals surface area (Å²) in [6.07, 6.45) is 1.58. The zero-order chi connectivity index (χ0) is 17.8. The summed E-state index contributed by atoms with van der Waals surface area (Å²) >= 11 is 1.15. The van der Waals surface area contributed by atoms with Crippen molar-refractivity contribution in [2.24, 2.45) is 0 Å². The summed E-state index contributed by atoms with van der Waals surface area (Å²) in [6, 6.07) is 6.78. The summed E-state index contributed by atoms with van der Waals surface area (Å²) in [5.74, 6) is -0.611. The first-order valence-electron chi connectivity index (χ1n) is 7.43. The second-order valence-corrected chi connectivity index (χ2v) is 6.32. The number of amides is 1. The van der Waals surface area contributed by atoms with E-state index in [0.717, 1.165) is 35.3 Å². The van der Waals surface area contributed by atoms with Gasteiger partial charge in [-0.25, -0.2) is 13.8 Å². The maximum Gasteiger partial charge on any atom is 0.240 e. The molecular formula is C17H15F2N3O2S. The van der Waals surface area contributed by atoms with Gasteiger partial charge in [-0.1, -0.05) is 0 Å². The van der Waals surface area contributed by atoms with Crippen LogP contribution in [0.15, 0.2) is 46.4 Å². The number of furan rings is 1. The lowest BCUT2D eigenvalue weighted by atomic mass is 10.1. The minimum Gasteiger partial charge on any atom is -0.468 e. The van der Waals surface area contributed by atoms with Crippen molar-refractivity contribution in [2.75, 3.05) is 18.9 Å². The smallest absolute Gasteiger partial charge is 0.240 e. The van der Waals surface area contributed by atoms with Crippen molar-refractivity contribution in [3.8, 4) is 11.3 Å². The Morgan fingerprint density at radius 2 is 2.20 bits per heavy atom. The number of thiazole rings is 1. The van der Waals surface area contributed by atoms with Crippen molar-refractivity contribution >= 4 is 22.4 Å². The van der Waals surface area contributed by atoms with Crippen molar-refractivity contribution < 1.29 is 18.0 Å². The van der Waals surface area contributed by atoms with Gasteiger partial charge in [0.25, 0.3) is 0 Å². The summed E-state index contributed by atoms with van der Waals surface area (Å²) in [6.45, 7) is 0.641. The molecule has 0 aliphatic heterocycles. The second kappa shape index (κ2) is 7.54. The van der Waals surface area contributed by atoms with Gasteiger partial charge in [0, 0.05) is 10.9 Å². The van der Waals surface area contributed by atoms with E-state index in [2.05, 4.69) is 10.3 Å². The molecule has 0 aliphatic carbocycles. The van der Waals surface area contributed by atoms with Crippen LogP contribution >= 0.6 is 11.3 Å². The van der Waals surface area contributed by atoms with E-state index in [-0.39, 0.29) is 23.7 Å². The molecule has 0 saturated heterocycles. The second-order valence-electron chi connectivity index (χ2n) is 5.46. The average Bonchev–Trinajstić information content (AvgIpc) is 3.21. The molecule has 8 heteroatoms. The van der Waals surface area contributed by atoms with Crippen molar-refractivity contribution in [3.63, 3.8) is 0 Å². The number of hydrogen-bond acceptors (Lipinski definition) is 5. The van der Waals surface area contributed by atoms with Gasteiger partial charge < -0.3 is 9.73 Å². The maximum atomic E-state index is 13.8. The number of nitrogens with one attached hydrogen (secondary N) is 1. The molecule has 0 bridgehead atoms. The van der Waals surface area contributed by atoms with Crippen LogP contribution in [0.2, 0.25) is 0 Å². The molecule has 2 aromatic heterocycles. The van der Waals surface area contributed by atoms with E-state index in [9.17, 15) is 13.6 Å². The van der Waals surface area contributed by atoms with Crippen molar-refractivity contribution in [3.05, 3.63) is 59.4 Å². The molecule has 0 saturated carbocycles. The number of nitrogens with zero attached hydrogens (tertiary/aromatic N) is 2. The van der Waals surface area contributed by atoms with E-state index in [1.807, 2.05) is 6.07 Å². The maximum absolute atomic E-state index is 13.8. The molecule has 0 aliphatic rings. The van der Waals surface area contributed by atoms with Gasteiger partial charge >= 0.3 is 0 Å². The molecule has 0 radical (unpaired) electrons. The number of rotatable bonds is 6. The van der Waals surface area contributed by atoms with Gasteiger partial charge in [0.1, 0.15) is 17.4 Å². The minimum atomic E-state index is -0.567. The summed E-state index contributed by atoms with van der Waals surface area (Å²) in [5.41, 5.74) is 0.341. The first-order valence-corrected chi connectivity index (χ1v) is 8.31. The zero-order valence-electron chi connectivity index (χ0n) is 13.3. The molecule has 5 nitrogen and oxygen atoms in total. The first kappa shape index (κ1) is 17.2. The Bertz CT molecular complexity index is 865. The fourth-order valence-electron chi connectivity index (χ4n) is 2.28. The third-order valence-electron chi connectivity index (χ3n) is 3.37. The van der Waals surface area contributed by atoms with Crippen molar-refractivity contribution in [1.82, 2.24) is 9.88 Å². The van der Waals surface area contributed by atoms with Crippen LogP contribution in [0.25, 0.3) is 11.3 Å². The molecule has 1 N–H and O–H groups in total. The van der Waals surface area contributed by atoms with Gasteiger partial charge in [0.2, 0.25) is 5.91 Å². The van der Waals surface area contributed by atoms with Crippen LogP contribution in [-0.4, -0.2) is 29.4 Å². The quantitative estimate of drug-likeness (QED) is 0.725. The third-order valence-corrected chi connectivity index (χ3v) is 4.13. The molecule has 2 heterocycles. The molecule has 1 amide bonds. The SMILES string of the molecule is CN(CC(=O)Nc1nc(-c2cc(F)ccc2F)cs1)Cc1ccco1. The normalized spacial score (nSPS) is 11.0. The van der Waals surface area contributed by atoms with Crippen molar-refractivity contribution in [2.45, 2.75) is 6.54 Å². The highest BCUT2D eigenvalue weighted by atomic mass is 32.1. The van der Waals surface area contributed by atoms with E-state index < -0.39 is 11.6 Å². The summed E-state index contributed by atoms with van der Waals surface area (Å²) < 4.78 is 32.3. The Morgan fingerprint density at radius 1 is 1.36 bits per heavy atom. The van der Waals surface area contributed by atoms with E-state index in [0.29, 0.717) is 11.7 Å². The van der Waals surface area contributed by atoms with Gasteiger partial charge in [0.15, 0.2) is 5.13 Å². The van der Waals surface area contributed by atoms with E-state index in [1.165, 1.54) is 0 Å².